The molecular formula is C14H18N2O2. The summed E-state index contributed by atoms with van der Waals surface area (Å²) < 4.78 is 0. The quantitative estimate of drug-likeness (QED) is 0.829. The first-order chi connectivity index (χ1) is 8.61. The Morgan fingerprint density at radius 1 is 1.39 bits per heavy atom. The zero-order valence-electron chi connectivity index (χ0n) is 10.8. The predicted molar refractivity (Wildman–Crippen MR) is 67.9 cm³/mol. The lowest BCUT2D eigenvalue weighted by atomic mass is 9.78. The summed E-state index contributed by atoms with van der Waals surface area (Å²) in [4.78, 5) is 27.7. The van der Waals surface area contributed by atoms with Gasteiger partial charge >= 0.3 is 0 Å². The van der Waals surface area contributed by atoms with Crippen LogP contribution >= 0.6 is 0 Å². The number of rotatable bonds is 3. The second kappa shape index (κ2) is 5.29. The third-order valence-electron chi connectivity index (χ3n) is 3.45. The van der Waals surface area contributed by atoms with E-state index in [1.54, 1.807) is 6.20 Å². The average Bonchev–Trinajstić information content (AvgIpc) is 2.33. The smallest absolute Gasteiger partial charge is 0.230 e. The van der Waals surface area contributed by atoms with E-state index in [9.17, 15) is 9.59 Å². The zero-order valence-corrected chi connectivity index (χ0v) is 10.8. The molecule has 1 aliphatic heterocycles. The van der Waals surface area contributed by atoms with Gasteiger partial charge in [-0.3, -0.25) is 19.9 Å². The van der Waals surface area contributed by atoms with Crippen LogP contribution in [0.4, 0.5) is 0 Å². The van der Waals surface area contributed by atoms with Gasteiger partial charge in [0.2, 0.25) is 11.8 Å². The number of nitrogens with one attached hydrogen (secondary N) is 1. The fourth-order valence-corrected chi connectivity index (χ4v) is 2.50. The lowest BCUT2D eigenvalue weighted by Crippen LogP contribution is -2.44. The molecule has 96 valence electrons. The molecule has 4 nitrogen and oxygen atoms in total. The van der Waals surface area contributed by atoms with Crippen molar-refractivity contribution >= 4 is 11.8 Å². The highest BCUT2D eigenvalue weighted by molar-refractivity contribution is 5.99. The Hall–Kier alpha value is -1.71. The molecule has 2 amide bonds. The fourth-order valence-electron chi connectivity index (χ4n) is 2.50. The Bertz CT molecular complexity index is 453. The van der Waals surface area contributed by atoms with Crippen molar-refractivity contribution in [1.82, 2.24) is 10.3 Å². The van der Waals surface area contributed by atoms with E-state index in [1.807, 2.05) is 26.0 Å². The molecule has 0 aliphatic carbocycles. The Balaban J connectivity index is 2.28. The van der Waals surface area contributed by atoms with Gasteiger partial charge in [0.25, 0.3) is 0 Å². The molecule has 0 spiro atoms. The molecule has 0 bridgehead atoms. The van der Waals surface area contributed by atoms with Crippen LogP contribution in [0.3, 0.4) is 0 Å². The van der Waals surface area contributed by atoms with Gasteiger partial charge in [0.05, 0.1) is 0 Å². The molecule has 18 heavy (non-hydrogen) atoms. The van der Waals surface area contributed by atoms with Gasteiger partial charge in [-0.15, -0.1) is 0 Å². The Kier molecular flexibility index (Phi) is 3.75. The maximum absolute atomic E-state index is 11.9. The summed E-state index contributed by atoms with van der Waals surface area (Å²) in [6.07, 6.45) is 3.90. The monoisotopic (exact) mass is 246 g/mol. The number of amides is 2. The van der Waals surface area contributed by atoms with Crippen LogP contribution in [0.1, 0.15) is 43.4 Å². The summed E-state index contributed by atoms with van der Waals surface area (Å²) in [5.41, 5.74) is 1.93. The number of hydrogen-bond acceptors (Lipinski definition) is 3. The zero-order chi connectivity index (χ0) is 13.1. The number of carbonyl (C=O) groups excluding carboxylic acids is 2. The first kappa shape index (κ1) is 12.7. The van der Waals surface area contributed by atoms with E-state index in [1.165, 1.54) is 0 Å². The number of nitrogens with zero attached hydrogens (tertiary/aromatic N) is 1. The van der Waals surface area contributed by atoms with E-state index in [4.69, 9.17) is 0 Å². The van der Waals surface area contributed by atoms with Crippen LogP contribution in [-0.4, -0.2) is 16.8 Å². The molecule has 0 saturated carbocycles. The van der Waals surface area contributed by atoms with Gasteiger partial charge in [0, 0.05) is 30.1 Å². The summed E-state index contributed by atoms with van der Waals surface area (Å²) in [7, 11) is 0. The number of piperidine rings is 1. The van der Waals surface area contributed by atoms with Crippen LogP contribution in [0.5, 0.6) is 0 Å². The second-order valence-corrected chi connectivity index (χ2v) is 4.85. The molecule has 1 aliphatic rings. The minimum Gasteiger partial charge on any atom is -0.296 e. The van der Waals surface area contributed by atoms with Crippen LogP contribution in [0.2, 0.25) is 0 Å². The van der Waals surface area contributed by atoms with E-state index in [0.717, 1.165) is 24.1 Å². The topological polar surface area (TPSA) is 59.1 Å². The molecule has 2 heterocycles. The van der Waals surface area contributed by atoms with Crippen LogP contribution < -0.4 is 5.32 Å². The van der Waals surface area contributed by atoms with Gasteiger partial charge in [0.1, 0.15) is 0 Å². The van der Waals surface area contributed by atoms with Crippen molar-refractivity contribution in [2.45, 2.75) is 39.0 Å². The number of imide groups is 1. The molecule has 0 radical (unpaired) electrons. The van der Waals surface area contributed by atoms with Gasteiger partial charge in [-0.2, -0.15) is 0 Å². The number of carbonyl (C=O) groups is 2. The average molecular weight is 246 g/mol. The van der Waals surface area contributed by atoms with Gasteiger partial charge in [0.15, 0.2) is 0 Å². The summed E-state index contributed by atoms with van der Waals surface area (Å²) in [5.74, 6) is -0.465. The van der Waals surface area contributed by atoms with Crippen molar-refractivity contribution in [3.05, 3.63) is 29.6 Å². The molecule has 1 aromatic heterocycles. The molecule has 2 atom stereocenters. The van der Waals surface area contributed by atoms with Crippen molar-refractivity contribution in [3.8, 4) is 0 Å². The highest BCUT2D eigenvalue weighted by atomic mass is 16.2. The molecule has 1 fully saturated rings. The highest BCUT2D eigenvalue weighted by Crippen LogP contribution is 2.33. The lowest BCUT2D eigenvalue weighted by Gasteiger charge is -2.30. The predicted octanol–water partition coefficient (Wildman–Crippen LogP) is 1.94. The largest absolute Gasteiger partial charge is 0.296 e. The molecule has 2 rings (SSSR count). The van der Waals surface area contributed by atoms with Crippen molar-refractivity contribution in [2.24, 2.45) is 5.92 Å². The molecule has 2 unspecified atom stereocenters. The SMILES string of the molecule is CCCC1C(=O)NC(=O)CC1c1ccc(C)nc1. The fraction of sp³-hybridized carbons (Fsp3) is 0.500. The highest BCUT2D eigenvalue weighted by Gasteiger charge is 2.36. The van der Waals surface area contributed by atoms with E-state index >= 15 is 0 Å². The van der Waals surface area contributed by atoms with Gasteiger partial charge in [-0.05, 0) is 25.0 Å². The Labute approximate surface area is 107 Å². The van der Waals surface area contributed by atoms with Crippen LogP contribution in [0.25, 0.3) is 0 Å². The van der Waals surface area contributed by atoms with Crippen molar-refractivity contribution in [1.29, 1.82) is 0 Å². The summed E-state index contributed by atoms with van der Waals surface area (Å²) in [5, 5.41) is 2.43. The minimum atomic E-state index is -0.182. The molecule has 4 heteroatoms. The van der Waals surface area contributed by atoms with Crippen LogP contribution in [-0.2, 0) is 9.59 Å². The normalized spacial score (nSPS) is 23.9. The Morgan fingerprint density at radius 2 is 2.17 bits per heavy atom. The number of pyridine rings is 1. The third kappa shape index (κ3) is 2.58. The molecular weight excluding hydrogens is 228 g/mol. The first-order valence-electron chi connectivity index (χ1n) is 6.38. The van der Waals surface area contributed by atoms with Crippen molar-refractivity contribution < 1.29 is 9.59 Å². The standard InChI is InChI=1S/C14H18N2O2/c1-3-4-11-12(7-13(17)16-14(11)18)10-6-5-9(2)15-8-10/h5-6,8,11-12H,3-4,7H2,1-2H3,(H,16,17,18). The van der Waals surface area contributed by atoms with Crippen LogP contribution in [0.15, 0.2) is 18.3 Å². The van der Waals surface area contributed by atoms with Gasteiger partial charge in [-0.1, -0.05) is 19.4 Å². The van der Waals surface area contributed by atoms with Crippen LogP contribution in [0, 0.1) is 12.8 Å². The van der Waals surface area contributed by atoms with Crippen molar-refractivity contribution in [2.75, 3.05) is 0 Å². The lowest BCUT2D eigenvalue weighted by molar-refractivity contribution is -0.137. The maximum Gasteiger partial charge on any atom is 0.230 e. The van der Waals surface area contributed by atoms with E-state index in [0.29, 0.717) is 6.42 Å². The van der Waals surface area contributed by atoms with E-state index in [2.05, 4.69) is 10.3 Å². The molecule has 0 aromatic carbocycles. The van der Waals surface area contributed by atoms with Crippen molar-refractivity contribution in [3.63, 3.8) is 0 Å². The molecule has 1 N–H and O–H groups in total. The third-order valence-corrected chi connectivity index (χ3v) is 3.45. The molecule has 1 saturated heterocycles. The summed E-state index contributed by atoms with van der Waals surface area (Å²) in [6.45, 7) is 3.97. The maximum atomic E-state index is 11.9. The second-order valence-electron chi connectivity index (χ2n) is 4.85. The first-order valence-corrected chi connectivity index (χ1v) is 6.38. The van der Waals surface area contributed by atoms with E-state index in [-0.39, 0.29) is 23.7 Å². The minimum absolute atomic E-state index is 0.0284. The summed E-state index contributed by atoms with van der Waals surface area (Å²) >= 11 is 0. The Morgan fingerprint density at radius 3 is 2.78 bits per heavy atom. The molecule has 1 aromatic rings. The number of aromatic nitrogens is 1. The van der Waals surface area contributed by atoms with E-state index < -0.39 is 0 Å². The summed E-state index contributed by atoms with van der Waals surface area (Å²) in [6, 6.07) is 3.90. The van der Waals surface area contributed by atoms with Gasteiger partial charge in [-0.25, -0.2) is 0 Å². The number of aryl methyl sites for hydroxylation is 1. The number of hydrogen-bond donors (Lipinski definition) is 1. The van der Waals surface area contributed by atoms with Gasteiger partial charge < -0.3 is 0 Å².